The van der Waals surface area contributed by atoms with Crippen LogP contribution in [0.4, 0.5) is 0 Å². The molecule has 4 fully saturated rings. The highest BCUT2D eigenvalue weighted by atomic mass is 16.5. The van der Waals surface area contributed by atoms with E-state index < -0.39 is 17.7 Å². The monoisotopic (exact) mass is 611 g/mol. The van der Waals surface area contributed by atoms with E-state index in [1.807, 2.05) is 6.92 Å². The van der Waals surface area contributed by atoms with Gasteiger partial charge in [-0.05, 0) is 101 Å². The summed E-state index contributed by atoms with van der Waals surface area (Å²) < 4.78 is 7.31. The van der Waals surface area contributed by atoms with E-state index in [9.17, 15) is 15.0 Å². The number of nitrogens with one attached hydrogen (secondary N) is 1. The lowest BCUT2D eigenvalue weighted by molar-refractivity contribution is -0.149. The first kappa shape index (κ1) is 33.3. The van der Waals surface area contributed by atoms with E-state index in [-0.39, 0.29) is 29.8 Å². The van der Waals surface area contributed by atoms with Gasteiger partial charge in [0.25, 0.3) is 0 Å². The average Bonchev–Trinajstić information content (AvgIpc) is 3.26. The van der Waals surface area contributed by atoms with Crippen LogP contribution < -0.4 is 11.1 Å². The van der Waals surface area contributed by atoms with Crippen molar-refractivity contribution < 1.29 is 19.7 Å². The second-order valence-electron chi connectivity index (χ2n) is 15.1. The molecule has 1 aromatic heterocycles. The number of nitrogens with two attached hydrogens (primary N) is 1. The molecule has 4 aliphatic carbocycles. The Morgan fingerprint density at radius 2 is 1.91 bits per heavy atom. The van der Waals surface area contributed by atoms with Crippen LogP contribution in [0.1, 0.15) is 83.9 Å². The van der Waals surface area contributed by atoms with E-state index >= 15 is 0 Å². The fraction of sp³-hybridized carbons (Fsp3) is 0.771. The Morgan fingerprint density at radius 3 is 2.52 bits per heavy atom. The highest BCUT2D eigenvalue weighted by molar-refractivity contribution is 5.82. The van der Waals surface area contributed by atoms with Crippen LogP contribution in [0.25, 0.3) is 10.9 Å². The Balaban J connectivity index is 1.20. The Morgan fingerprint density at radius 1 is 1.20 bits per heavy atom. The van der Waals surface area contributed by atoms with Crippen molar-refractivity contribution in [2.24, 2.45) is 35.3 Å². The average molecular weight is 612 g/mol. The van der Waals surface area contributed by atoms with Gasteiger partial charge in [0.15, 0.2) is 0 Å². The fourth-order valence-corrected chi connectivity index (χ4v) is 8.70. The van der Waals surface area contributed by atoms with Gasteiger partial charge in [0.05, 0.1) is 22.9 Å². The predicted molar refractivity (Wildman–Crippen MR) is 174 cm³/mol. The molecule has 4 aliphatic rings. The number of nitrogens with zero attached hydrogens (tertiary/aromatic N) is 3. The van der Waals surface area contributed by atoms with Gasteiger partial charge in [-0.2, -0.15) is 5.10 Å². The van der Waals surface area contributed by atoms with Gasteiger partial charge in [-0.1, -0.05) is 26.0 Å². The molecule has 0 saturated heterocycles. The molecular formula is C35H57N5O4. The van der Waals surface area contributed by atoms with Crippen molar-refractivity contribution >= 4 is 16.8 Å². The number of aromatic nitrogens is 2. The number of fused-ring (bicyclic) bond motifs is 1. The van der Waals surface area contributed by atoms with Crippen LogP contribution in [0.15, 0.2) is 18.2 Å². The fourth-order valence-electron chi connectivity index (χ4n) is 8.70. The second kappa shape index (κ2) is 13.8. The topological polar surface area (TPSA) is 126 Å². The van der Waals surface area contributed by atoms with Crippen molar-refractivity contribution in [1.82, 2.24) is 20.0 Å². The summed E-state index contributed by atoms with van der Waals surface area (Å²) in [5.41, 5.74) is 9.48. The number of carbonyl (C=O) groups is 1. The summed E-state index contributed by atoms with van der Waals surface area (Å²) in [6, 6.07) is 6.43. The van der Waals surface area contributed by atoms with Gasteiger partial charge >= 0.3 is 0 Å². The third-order valence-electron chi connectivity index (χ3n) is 11.0. The van der Waals surface area contributed by atoms with Crippen molar-refractivity contribution in [2.45, 2.75) is 122 Å². The molecular weight excluding hydrogens is 554 g/mol. The normalized spacial score (nSPS) is 28.4. The van der Waals surface area contributed by atoms with Gasteiger partial charge < -0.3 is 26.0 Å². The van der Waals surface area contributed by atoms with E-state index in [1.165, 1.54) is 5.56 Å². The molecule has 2 unspecified atom stereocenters. The molecule has 9 heteroatoms. The minimum Gasteiger partial charge on any atom is -0.391 e. The number of aliphatic hydroxyl groups is 2. The molecule has 1 heterocycles. The number of aliphatic hydroxyl groups excluding tert-OH is 1. The second-order valence-corrected chi connectivity index (χ2v) is 15.1. The van der Waals surface area contributed by atoms with Crippen molar-refractivity contribution in [1.29, 1.82) is 0 Å². The summed E-state index contributed by atoms with van der Waals surface area (Å²) in [6.07, 6.45) is 5.22. The van der Waals surface area contributed by atoms with Crippen LogP contribution >= 0.6 is 0 Å². The Labute approximate surface area is 263 Å². The molecule has 246 valence electrons. The summed E-state index contributed by atoms with van der Waals surface area (Å²) in [6.45, 7) is 13.2. The molecule has 5 atom stereocenters. The van der Waals surface area contributed by atoms with Crippen LogP contribution in [0.3, 0.4) is 0 Å². The lowest BCUT2D eigenvalue weighted by atomic mass is 9.52. The molecule has 4 bridgehead atoms. The first-order chi connectivity index (χ1) is 20.9. The van der Waals surface area contributed by atoms with Crippen molar-refractivity contribution in [3.63, 3.8) is 0 Å². The first-order valence-electron chi connectivity index (χ1n) is 17.0. The molecule has 0 radical (unpaired) electrons. The van der Waals surface area contributed by atoms with Crippen LogP contribution in [0, 0.1) is 36.5 Å². The van der Waals surface area contributed by atoms with E-state index in [2.05, 4.69) is 60.8 Å². The Kier molecular flexibility index (Phi) is 10.4. The maximum Gasteiger partial charge on any atom is 0.223 e. The van der Waals surface area contributed by atoms with Crippen LogP contribution in [-0.2, 0) is 22.6 Å². The summed E-state index contributed by atoms with van der Waals surface area (Å²) in [7, 11) is 1.72. The van der Waals surface area contributed by atoms with Crippen LogP contribution in [0.2, 0.25) is 0 Å². The predicted octanol–water partition coefficient (Wildman–Crippen LogP) is 4.00. The highest BCUT2D eigenvalue weighted by Crippen LogP contribution is 2.55. The number of aryl methyl sites for hydroxylation is 2. The van der Waals surface area contributed by atoms with Gasteiger partial charge in [0, 0.05) is 62.8 Å². The van der Waals surface area contributed by atoms with E-state index in [4.69, 9.17) is 15.6 Å². The third-order valence-corrected chi connectivity index (χ3v) is 11.0. The first-order valence-corrected chi connectivity index (χ1v) is 17.0. The van der Waals surface area contributed by atoms with E-state index in [0.717, 1.165) is 61.7 Å². The van der Waals surface area contributed by atoms with Gasteiger partial charge in [-0.25, -0.2) is 0 Å². The maximum atomic E-state index is 13.7. The minimum absolute atomic E-state index is 0.0298. The van der Waals surface area contributed by atoms with Crippen molar-refractivity contribution in [2.75, 3.05) is 20.3 Å². The van der Waals surface area contributed by atoms with Gasteiger partial charge in [0.1, 0.15) is 0 Å². The van der Waals surface area contributed by atoms with Crippen molar-refractivity contribution in [3.8, 4) is 0 Å². The maximum absolute atomic E-state index is 13.7. The Bertz CT molecular complexity index is 1260. The summed E-state index contributed by atoms with van der Waals surface area (Å²) in [5.74, 6) is 1.13. The van der Waals surface area contributed by atoms with Gasteiger partial charge in [0.2, 0.25) is 5.91 Å². The summed E-state index contributed by atoms with van der Waals surface area (Å²) in [5, 5.41) is 31.6. The molecule has 4 saturated carbocycles. The standard InChI is InChI=1S/C35H57N5O4/c1-21(2)29(34(42)37-33-26-12-25-13-27(33)18-35(43,16-25)17-26)15-32(41)30(36)20-39(22(3)4)19-24-8-9-28-23(5)38-40(31(28)14-24)10-7-11-44-6/h8-9,14,21-22,25-27,29-30,32-33,41,43H,7,10-13,15-20,36H2,1-6H3,(H,37,42)/t25?,26?,27?,29-,30-,32-,33?,35?/m0/s1. The summed E-state index contributed by atoms with van der Waals surface area (Å²) >= 11 is 0. The van der Waals surface area contributed by atoms with Crippen LogP contribution in [-0.4, -0.2) is 80.9 Å². The highest BCUT2D eigenvalue weighted by Gasteiger charge is 2.55. The number of hydrogen-bond donors (Lipinski definition) is 4. The molecule has 0 spiro atoms. The quantitative estimate of drug-likeness (QED) is 0.224. The lowest BCUT2D eigenvalue weighted by Gasteiger charge is -2.58. The van der Waals surface area contributed by atoms with E-state index in [0.29, 0.717) is 43.9 Å². The zero-order valence-electron chi connectivity index (χ0n) is 27.8. The molecule has 2 aromatic rings. The number of ether oxygens (including phenoxy) is 1. The number of amides is 1. The van der Waals surface area contributed by atoms with Crippen molar-refractivity contribution in [3.05, 3.63) is 29.5 Å². The number of hydrogen-bond acceptors (Lipinski definition) is 7. The van der Waals surface area contributed by atoms with Crippen LogP contribution in [0.5, 0.6) is 0 Å². The molecule has 9 nitrogen and oxygen atoms in total. The number of rotatable bonds is 15. The number of carbonyl (C=O) groups excluding carboxylic acids is 1. The number of benzene rings is 1. The van der Waals surface area contributed by atoms with Gasteiger partial charge in [-0.15, -0.1) is 0 Å². The van der Waals surface area contributed by atoms with Gasteiger partial charge in [-0.3, -0.25) is 14.4 Å². The third kappa shape index (κ3) is 7.33. The zero-order valence-corrected chi connectivity index (χ0v) is 27.8. The molecule has 6 rings (SSSR count). The molecule has 1 amide bonds. The molecule has 5 N–H and O–H groups in total. The zero-order chi connectivity index (χ0) is 31.8. The van der Waals surface area contributed by atoms with E-state index in [1.54, 1.807) is 7.11 Å². The largest absolute Gasteiger partial charge is 0.391 e. The smallest absolute Gasteiger partial charge is 0.223 e. The summed E-state index contributed by atoms with van der Waals surface area (Å²) in [4.78, 5) is 16.0. The SMILES string of the molecule is COCCCn1nc(C)c2ccc(CN(C[C@H](N)[C@@H](O)C[C@H](C(=O)NC3C4CC5CC3CC(O)(C5)C4)C(C)C)C(C)C)cc21. The minimum atomic E-state index is -0.791. The lowest BCUT2D eigenvalue weighted by Crippen LogP contribution is -2.62. The molecule has 0 aliphatic heterocycles. The Hall–Kier alpha value is -2.04. The number of methoxy groups -OCH3 is 1. The molecule has 1 aromatic carbocycles. The molecule has 44 heavy (non-hydrogen) atoms.